The van der Waals surface area contributed by atoms with Crippen molar-refractivity contribution >= 4 is 9.84 Å². The molecule has 2 aliphatic carbocycles. The van der Waals surface area contributed by atoms with E-state index in [4.69, 9.17) is 11.5 Å². The van der Waals surface area contributed by atoms with E-state index >= 15 is 0 Å². The minimum atomic E-state index is -3.29. The number of benzene rings is 2. The monoisotopic (exact) mass is 458 g/mol. The summed E-state index contributed by atoms with van der Waals surface area (Å²) >= 11 is 0. The molecule has 0 amide bonds. The number of hydrogen-bond acceptors (Lipinski definition) is 4. The van der Waals surface area contributed by atoms with Gasteiger partial charge in [0.1, 0.15) is 10.7 Å². The molecule has 2 aromatic carbocycles. The van der Waals surface area contributed by atoms with Crippen LogP contribution in [0.25, 0.3) is 0 Å². The first-order valence-electron chi connectivity index (χ1n) is 11.8. The Morgan fingerprint density at radius 3 is 2.59 bits per heavy atom. The molecular formula is C26H35FN2O2S. The molecule has 1 saturated carbocycles. The minimum absolute atomic E-state index is 0.0425. The highest BCUT2D eigenvalue weighted by Gasteiger charge is 2.39. The highest BCUT2D eigenvalue weighted by atomic mass is 32.2. The lowest BCUT2D eigenvalue weighted by atomic mass is 9.76. The van der Waals surface area contributed by atoms with Gasteiger partial charge in [-0.05, 0) is 98.6 Å². The fourth-order valence-electron chi connectivity index (χ4n) is 4.89. The smallest absolute Gasteiger partial charge is 0.168 e. The largest absolute Gasteiger partial charge is 0.327 e. The number of sulfone groups is 1. The summed E-state index contributed by atoms with van der Waals surface area (Å²) in [4.78, 5) is -1.17. The molecule has 2 aliphatic rings. The fourth-order valence-corrected chi connectivity index (χ4v) is 6.68. The van der Waals surface area contributed by atoms with Crippen molar-refractivity contribution in [2.24, 2.45) is 17.4 Å². The average Bonchev–Trinajstić information content (AvgIpc) is 3.53. The van der Waals surface area contributed by atoms with Gasteiger partial charge in [0.15, 0.2) is 9.84 Å². The van der Waals surface area contributed by atoms with Crippen LogP contribution in [-0.4, -0.2) is 25.1 Å². The zero-order valence-corrected chi connectivity index (χ0v) is 19.7. The predicted molar refractivity (Wildman–Crippen MR) is 128 cm³/mol. The number of hydrogen-bond donors (Lipinski definition) is 2. The molecule has 32 heavy (non-hydrogen) atoms. The first kappa shape index (κ1) is 23.4. The van der Waals surface area contributed by atoms with Crippen LogP contribution < -0.4 is 11.5 Å². The van der Waals surface area contributed by atoms with Gasteiger partial charge in [0.2, 0.25) is 0 Å². The van der Waals surface area contributed by atoms with E-state index in [-0.39, 0.29) is 23.5 Å². The SMILES string of the molecule is CC(N)(CCCc1ccc2c(c1)C(Cc1cccc(F)c1)C(N)CC2)S(=O)(=O)CC1CC1. The van der Waals surface area contributed by atoms with Crippen LogP contribution >= 0.6 is 0 Å². The standard InChI is InChI=1S/C26H35FN2O2S/c1-26(29,32(30,31)17-19-7-8-19)13-3-5-18-9-10-21-11-12-25(28)24(23(21)15-18)16-20-4-2-6-22(27)14-20/h2,4,6,9-10,14-15,19,24-25H,3,5,7-8,11-13,16-17,28-29H2,1H3. The van der Waals surface area contributed by atoms with Crippen LogP contribution in [0.5, 0.6) is 0 Å². The molecule has 174 valence electrons. The maximum Gasteiger partial charge on any atom is 0.168 e. The van der Waals surface area contributed by atoms with E-state index in [0.717, 1.165) is 50.5 Å². The van der Waals surface area contributed by atoms with Crippen molar-refractivity contribution in [2.45, 2.75) is 75.1 Å². The van der Waals surface area contributed by atoms with Gasteiger partial charge in [-0.3, -0.25) is 0 Å². The highest BCUT2D eigenvalue weighted by Crippen LogP contribution is 2.36. The second-order valence-corrected chi connectivity index (χ2v) is 12.6. The Hall–Kier alpha value is -1.76. The van der Waals surface area contributed by atoms with E-state index in [1.165, 1.54) is 22.8 Å². The number of aryl methyl sites for hydroxylation is 2. The van der Waals surface area contributed by atoms with Crippen LogP contribution in [0, 0.1) is 11.7 Å². The second kappa shape index (κ2) is 9.24. The van der Waals surface area contributed by atoms with Crippen LogP contribution in [0.2, 0.25) is 0 Å². The van der Waals surface area contributed by atoms with Gasteiger partial charge in [0.05, 0.1) is 5.75 Å². The molecule has 0 aliphatic heterocycles. The first-order chi connectivity index (χ1) is 15.1. The van der Waals surface area contributed by atoms with E-state index in [2.05, 4.69) is 18.2 Å². The summed E-state index contributed by atoms with van der Waals surface area (Å²) in [5.74, 6) is 0.461. The second-order valence-electron chi connectivity index (χ2n) is 10.1. The average molecular weight is 459 g/mol. The molecule has 0 radical (unpaired) electrons. The van der Waals surface area contributed by atoms with E-state index < -0.39 is 14.7 Å². The minimum Gasteiger partial charge on any atom is -0.327 e. The molecule has 0 spiro atoms. The lowest BCUT2D eigenvalue weighted by molar-refractivity contribution is 0.466. The normalized spacial score (nSPS) is 22.9. The molecule has 4 nitrogen and oxygen atoms in total. The van der Waals surface area contributed by atoms with Crippen LogP contribution in [0.1, 0.15) is 67.2 Å². The van der Waals surface area contributed by atoms with Crippen molar-refractivity contribution in [1.82, 2.24) is 0 Å². The van der Waals surface area contributed by atoms with E-state index in [1.807, 2.05) is 6.07 Å². The van der Waals surface area contributed by atoms with E-state index in [1.54, 1.807) is 19.1 Å². The molecule has 2 aromatic rings. The molecule has 0 saturated heterocycles. The van der Waals surface area contributed by atoms with Crippen LogP contribution in [0.4, 0.5) is 4.39 Å². The molecule has 0 aromatic heterocycles. The quantitative estimate of drug-likeness (QED) is 0.588. The van der Waals surface area contributed by atoms with Crippen molar-refractivity contribution in [1.29, 1.82) is 0 Å². The van der Waals surface area contributed by atoms with Crippen molar-refractivity contribution in [3.8, 4) is 0 Å². The third-order valence-corrected chi connectivity index (χ3v) is 9.75. The van der Waals surface area contributed by atoms with Crippen molar-refractivity contribution in [3.63, 3.8) is 0 Å². The van der Waals surface area contributed by atoms with E-state index in [0.29, 0.717) is 12.3 Å². The Labute approximate surface area is 191 Å². The summed E-state index contributed by atoms with van der Waals surface area (Å²) in [5, 5.41) is 0. The van der Waals surface area contributed by atoms with Gasteiger partial charge in [-0.1, -0.05) is 30.3 Å². The molecule has 3 atom stereocenters. The first-order valence-corrected chi connectivity index (χ1v) is 13.4. The van der Waals surface area contributed by atoms with Crippen molar-refractivity contribution in [2.75, 3.05) is 5.75 Å². The van der Waals surface area contributed by atoms with Gasteiger partial charge in [0.25, 0.3) is 0 Å². The molecular weight excluding hydrogens is 423 g/mol. The molecule has 3 unspecified atom stereocenters. The molecule has 1 fully saturated rings. The van der Waals surface area contributed by atoms with Gasteiger partial charge in [-0.15, -0.1) is 0 Å². The summed E-state index contributed by atoms with van der Waals surface area (Å²) in [5.41, 5.74) is 17.5. The van der Waals surface area contributed by atoms with Gasteiger partial charge in [0, 0.05) is 12.0 Å². The zero-order valence-electron chi connectivity index (χ0n) is 18.9. The Kier molecular flexibility index (Phi) is 6.76. The summed E-state index contributed by atoms with van der Waals surface area (Å²) in [6.07, 6.45) is 6.55. The number of fused-ring (bicyclic) bond motifs is 1. The lowest BCUT2D eigenvalue weighted by Crippen LogP contribution is -2.46. The third-order valence-electron chi connectivity index (χ3n) is 7.22. The van der Waals surface area contributed by atoms with Crippen molar-refractivity contribution in [3.05, 3.63) is 70.5 Å². The summed E-state index contributed by atoms with van der Waals surface area (Å²) < 4.78 is 39.0. The topological polar surface area (TPSA) is 86.2 Å². The fraction of sp³-hybridized carbons (Fsp3) is 0.538. The Morgan fingerprint density at radius 1 is 1.09 bits per heavy atom. The maximum absolute atomic E-state index is 13.7. The van der Waals surface area contributed by atoms with Gasteiger partial charge >= 0.3 is 0 Å². The van der Waals surface area contributed by atoms with Gasteiger partial charge in [-0.25, -0.2) is 12.8 Å². The summed E-state index contributed by atoms with van der Waals surface area (Å²) in [7, 11) is -3.29. The number of halogens is 1. The molecule has 0 heterocycles. The summed E-state index contributed by atoms with van der Waals surface area (Å²) in [6.45, 7) is 1.66. The number of nitrogens with two attached hydrogens (primary N) is 2. The Balaban J connectivity index is 1.44. The molecule has 4 rings (SSSR count). The lowest BCUT2D eigenvalue weighted by Gasteiger charge is -2.32. The van der Waals surface area contributed by atoms with E-state index in [9.17, 15) is 12.8 Å². The van der Waals surface area contributed by atoms with Crippen LogP contribution in [0.15, 0.2) is 42.5 Å². The van der Waals surface area contributed by atoms with Gasteiger partial charge < -0.3 is 11.5 Å². The zero-order chi connectivity index (χ0) is 22.9. The van der Waals surface area contributed by atoms with Gasteiger partial charge in [-0.2, -0.15) is 0 Å². The Bertz CT molecular complexity index is 1060. The molecule has 6 heteroatoms. The highest BCUT2D eigenvalue weighted by molar-refractivity contribution is 7.92. The van der Waals surface area contributed by atoms with Crippen LogP contribution in [0.3, 0.4) is 0 Å². The Morgan fingerprint density at radius 2 is 1.88 bits per heavy atom. The molecule has 0 bridgehead atoms. The number of rotatable bonds is 9. The molecule has 4 N–H and O–H groups in total. The van der Waals surface area contributed by atoms with Crippen molar-refractivity contribution < 1.29 is 12.8 Å². The van der Waals surface area contributed by atoms with Crippen LogP contribution in [-0.2, 0) is 29.1 Å². The maximum atomic E-state index is 13.7. The third kappa shape index (κ3) is 5.41. The summed E-state index contributed by atoms with van der Waals surface area (Å²) in [6, 6.07) is 13.4. The predicted octanol–water partition coefficient (Wildman–Crippen LogP) is 4.25.